The van der Waals surface area contributed by atoms with E-state index in [1.54, 1.807) is 24.3 Å². The number of benzene rings is 1. The van der Waals surface area contributed by atoms with Crippen molar-refractivity contribution in [1.29, 1.82) is 0 Å². The van der Waals surface area contributed by atoms with Crippen LogP contribution in [0.5, 0.6) is 0 Å². The average Bonchev–Trinajstić information content (AvgIpc) is 2.18. The van der Waals surface area contributed by atoms with Crippen molar-refractivity contribution in [3.63, 3.8) is 0 Å². The fourth-order valence-corrected chi connectivity index (χ4v) is 1.96. The molecule has 0 saturated carbocycles. The second kappa shape index (κ2) is 5.44. The monoisotopic (exact) mass is 254 g/mol. The first-order valence-corrected chi connectivity index (χ1v) is 6.81. The summed E-state index contributed by atoms with van der Waals surface area (Å²) in [5, 5.41) is 7.09. The van der Waals surface area contributed by atoms with Crippen LogP contribution >= 0.6 is 0 Å². The number of hydrogen-bond acceptors (Lipinski definition) is 4. The van der Waals surface area contributed by atoms with Crippen LogP contribution < -0.4 is 11.5 Å². The largest absolute Gasteiger partial charge is 0.369 e. The topological polar surface area (TPSA) is 111 Å². The molecule has 1 aromatic rings. The van der Waals surface area contributed by atoms with E-state index in [4.69, 9.17) is 11.5 Å². The summed E-state index contributed by atoms with van der Waals surface area (Å²) in [6.07, 6.45) is 2.67. The molecule has 0 aliphatic rings. The van der Waals surface area contributed by atoms with Gasteiger partial charge in [-0.3, -0.25) is 0 Å². The molecule has 17 heavy (non-hydrogen) atoms. The predicted octanol–water partition coefficient (Wildman–Crippen LogP) is -0.161. The maximum Gasteiger partial charge on any atom is 0.211 e. The molecule has 4 N–H and O–H groups in total. The summed E-state index contributed by atoms with van der Waals surface area (Å²) in [5.41, 5.74) is 11.7. The van der Waals surface area contributed by atoms with E-state index in [1.807, 2.05) is 0 Å². The molecule has 0 radical (unpaired) electrons. The van der Waals surface area contributed by atoms with Gasteiger partial charge in [-0.05, 0) is 11.1 Å². The Hall–Kier alpha value is -1.89. The first-order valence-electron chi connectivity index (χ1n) is 4.75. The van der Waals surface area contributed by atoms with Crippen LogP contribution in [0.1, 0.15) is 11.1 Å². The normalized spacial score (nSPS) is 11.6. The van der Waals surface area contributed by atoms with E-state index < -0.39 is 9.84 Å². The SMILES string of the molecule is CS(=O)(=O)Cc1ccc(C=NN=C(N)N)cc1. The molecule has 0 bridgehead atoms. The Balaban J connectivity index is 2.75. The quantitative estimate of drug-likeness (QED) is 0.441. The van der Waals surface area contributed by atoms with Crippen LogP contribution in [0.25, 0.3) is 0 Å². The number of hydrogen-bond donors (Lipinski definition) is 2. The van der Waals surface area contributed by atoms with Crippen molar-refractivity contribution < 1.29 is 8.42 Å². The minimum atomic E-state index is -3.01. The van der Waals surface area contributed by atoms with Gasteiger partial charge in [0.2, 0.25) is 5.96 Å². The molecule has 1 rings (SSSR count). The second-order valence-corrected chi connectivity index (χ2v) is 5.72. The maximum absolute atomic E-state index is 11.1. The molecule has 0 saturated heterocycles. The van der Waals surface area contributed by atoms with Gasteiger partial charge < -0.3 is 11.5 Å². The van der Waals surface area contributed by atoms with Crippen molar-refractivity contribution in [2.45, 2.75) is 5.75 Å². The molecule has 0 spiro atoms. The van der Waals surface area contributed by atoms with Crippen LogP contribution in [0.4, 0.5) is 0 Å². The number of sulfone groups is 1. The lowest BCUT2D eigenvalue weighted by molar-refractivity contribution is 0.601. The third-order valence-electron chi connectivity index (χ3n) is 1.79. The van der Waals surface area contributed by atoms with Gasteiger partial charge in [0.15, 0.2) is 9.84 Å². The summed E-state index contributed by atoms with van der Waals surface area (Å²) in [7, 11) is -3.01. The Kier molecular flexibility index (Phi) is 4.22. The minimum absolute atomic E-state index is 0.0261. The fraction of sp³-hybridized carbons (Fsp3) is 0.200. The van der Waals surface area contributed by atoms with Gasteiger partial charge in [-0.2, -0.15) is 5.10 Å². The van der Waals surface area contributed by atoms with Crippen LogP contribution in [0.15, 0.2) is 34.5 Å². The van der Waals surface area contributed by atoms with Crippen LogP contribution in [-0.2, 0) is 15.6 Å². The molecule has 0 heterocycles. The van der Waals surface area contributed by atoms with Gasteiger partial charge in [-0.25, -0.2) is 8.42 Å². The molecule has 1 aromatic carbocycles. The summed E-state index contributed by atoms with van der Waals surface area (Å²) < 4.78 is 22.1. The van der Waals surface area contributed by atoms with E-state index in [9.17, 15) is 8.42 Å². The van der Waals surface area contributed by atoms with Crippen LogP contribution in [0.2, 0.25) is 0 Å². The van der Waals surface area contributed by atoms with Crippen molar-refractivity contribution in [3.8, 4) is 0 Å². The number of nitrogens with zero attached hydrogens (tertiary/aromatic N) is 2. The lowest BCUT2D eigenvalue weighted by Crippen LogP contribution is -2.21. The van der Waals surface area contributed by atoms with Gasteiger partial charge in [0, 0.05) is 6.26 Å². The highest BCUT2D eigenvalue weighted by molar-refractivity contribution is 7.89. The molecule has 0 aromatic heterocycles. The third-order valence-corrected chi connectivity index (χ3v) is 2.65. The molecular formula is C10H14N4O2S. The average molecular weight is 254 g/mol. The smallest absolute Gasteiger partial charge is 0.211 e. The Labute approximate surface area is 100.0 Å². The highest BCUT2D eigenvalue weighted by Crippen LogP contribution is 2.06. The van der Waals surface area contributed by atoms with Crippen molar-refractivity contribution in [1.82, 2.24) is 0 Å². The zero-order valence-corrected chi connectivity index (χ0v) is 10.2. The number of guanidine groups is 1. The number of rotatable bonds is 4. The zero-order chi connectivity index (χ0) is 12.9. The first kappa shape index (κ1) is 13.2. The van der Waals surface area contributed by atoms with Crippen molar-refractivity contribution in [3.05, 3.63) is 35.4 Å². The standard InChI is InChI=1S/C10H14N4O2S/c1-17(15,16)7-9-4-2-8(3-5-9)6-13-14-10(11)12/h2-6H,7H2,1H3,(H4,11,12,14). The highest BCUT2D eigenvalue weighted by Gasteiger charge is 2.03. The maximum atomic E-state index is 11.1. The Bertz CT molecular complexity index is 528. The predicted molar refractivity (Wildman–Crippen MR) is 68.4 cm³/mol. The summed E-state index contributed by atoms with van der Waals surface area (Å²) in [6.45, 7) is 0. The molecule has 0 aliphatic carbocycles. The molecule has 6 nitrogen and oxygen atoms in total. The third kappa shape index (κ3) is 5.67. The van der Waals surface area contributed by atoms with E-state index in [0.29, 0.717) is 0 Å². The molecular weight excluding hydrogens is 240 g/mol. The van der Waals surface area contributed by atoms with Crippen molar-refractivity contribution in [2.75, 3.05) is 6.26 Å². The van der Waals surface area contributed by atoms with E-state index in [2.05, 4.69) is 10.2 Å². The summed E-state index contributed by atoms with van der Waals surface area (Å²) in [5.74, 6) is -0.0897. The fourth-order valence-electron chi connectivity index (χ4n) is 1.16. The molecule has 0 atom stereocenters. The van der Waals surface area contributed by atoms with Gasteiger partial charge in [-0.1, -0.05) is 24.3 Å². The van der Waals surface area contributed by atoms with E-state index in [0.717, 1.165) is 11.1 Å². The Morgan fingerprint density at radius 1 is 1.29 bits per heavy atom. The Morgan fingerprint density at radius 2 is 1.88 bits per heavy atom. The molecule has 92 valence electrons. The number of nitrogens with two attached hydrogens (primary N) is 2. The van der Waals surface area contributed by atoms with Crippen LogP contribution in [-0.4, -0.2) is 26.8 Å². The van der Waals surface area contributed by atoms with Crippen molar-refractivity contribution >= 4 is 22.0 Å². The van der Waals surface area contributed by atoms with Gasteiger partial charge in [0.25, 0.3) is 0 Å². The summed E-state index contributed by atoms with van der Waals surface area (Å²) >= 11 is 0. The molecule has 0 amide bonds. The zero-order valence-electron chi connectivity index (χ0n) is 9.37. The second-order valence-electron chi connectivity index (χ2n) is 3.58. The van der Waals surface area contributed by atoms with E-state index in [-0.39, 0.29) is 11.7 Å². The molecule has 7 heteroatoms. The molecule has 0 unspecified atom stereocenters. The van der Waals surface area contributed by atoms with E-state index >= 15 is 0 Å². The molecule has 0 fully saturated rings. The van der Waals surface area contributed by atoms with Gasteiger partial charge >= 0.3 is 0 Å². The summed E-state index contributed by atoms with van der Waals surface area (Å²) in [6, 6.07) is 6.92. The van der Waals surface area contributed by atoms with Crippen molar-refractivity contribution in [2.24, 2.45) is 21.7 Å². The van der Waals surface area contributed by atoms with Gasteiger partial charge in [0.1, 0.15) is 0 Å². The lowest BCUT2D eigenvalue weighted by atomic mass is 10.2. The van der Waals surface area contributed by atoms with E-state index in [1.165, 1.54) is 12.5 Å². The van der Waals surface area contributed by atoms with Crippen LogP contribution in [0, 0.1) is 0 Å². The Morgan fingerprint density at radius 3 is 2.35 bits per heavy atom. The van der Waals surface area contributed by atoms with Gasteiger partial charge in [-0.15, -0.1) is 5.10 Å². The lowest BCUT2D eigenvalue weighted by Gasteiger charge is -1.99. The summed E-state index contributed by atoms with van der Waals surface area (Å²) in [4.78, 5) is 0. The molecule has 0 aliphatic heterocycles. The minimum Gasteiger partial charge on any atom is -0.369 e. The van der Waals surface area contributed by atoms with Crippen LogP contribution in [0.3, 0.4) is 0 Å². The van der Waals surface area contributed by atoms with Gasteiger partial charge in [0.05, 0.1) is 12.0 Å². The highest BCUT2D eigenvalue weighted by atomic mass is 32.2. The first-order chi connectivity index (χ1) is 7.87.